The fraction of sp³-hybridized carbons (Fsp3) is 0.429. The number of nitrogens with one attached hydrogen (secondary N) is 1. The van der Waals surface area contributed by atoms with Gasteiger partial charge in [-0.15, -0.1) is 10.2 Å². The van der Waals surface area contributed by atoms with Gasteiger partial charge >= 0.3 is 0 Å². The molecule has 6 heteroatoms. The Bertz CT molecular complexity index is 551. The number of benzene rings is 1. The Morgan fingerprint density at radius 3 is 2.60 bits per heavy atom. The molecule has 20 heavy (non-hydrogen) atoms. The molecule has 0 radical (unpaired) electrons. The number of hydrogen-bond donors (Lipinski definition) is 1. The van der Waals surface area contributed by atoms with Crippen molar-refractivity contribution in [3.05, 3.63) is 47.2 Å². The van der Waals surface area contributed by atoms with E-state index in [-0.39, 0.29) is 23.9 Å². The quantitative estimate of drug-likeness (QED) is 0.884. The van der Waals surface area contributed by atoms with Gasteiger partial charge in [0.1, 0.15) is 11.6 Å². The van der Waals surface area contributed by atoms with Crippen LogP contribution in [0.15, 0.2) is 22.6 Å². The van der Waals surface area contributed by atoms with Gasteiger partial charge in [0, 0.05) is 5.56 Å². The zero-order chi connectivity index (χ0) is 14.5. The van der Waals surface area contributed by atoms with Crippen LogP contribution in [0.25, 0.3) is 0 Å². The Morgan fingerprint density at radius 2 is 1.95 bits per heavy atom. The van der Waals surface area contributed by atoms with Crippen LogP contribution < -0.4 is 5.32 Å². The summed E-state index contributed by atoms with van der Waals surface area (Å²) in [5, 5.41) is 10.9. The third kappa shape index (κ3) is 3.39. The first-order valence-electron chi connectivity index (χ1n) is 6.60. The van der Waals surface area contributed by atoms with E-state index in [9.17, 15) is 8.78 Å². The zero-order valence-electron chi connectivity index (χ0n) is 11.5. The molecule has 0 bridgehead atoms. The van der Waals surface area contributed by atoms with Crippen molar-refractivity contribution in [2.45, 2.75) is 32.7 Å². The van der Waals surface area contributed by atoms with Gasteiger partial charge in [0.25, 0.3) is 0 Å². The number of halogens is 2. The fourth-order valence-electron chi connectivity index (χ4n) is 1.81. The Labute approximate surface area is 116 Å². The number of nitrogens with zero attached hydrogens (tertiary/aromatic N) is 2. The second-order valence-electron chi connectivity index (χ2n) is 4.59. The van der Waals surface area contributed by atoms with E-state index in [4.69, 9.17) is 4.42 Å². The van der Waals surface area contributed by atoms with Crippen LogP contribution in [0, 0.1) is 11.6 Å². The summed E-state index contributed by atoms with van der Waals surface area (Å²) in [7, 11) is 0. The van der Waals surface area contributed by atoms with Crippen molar-refractivity contribution >= 4 is 0 Å². The Morgan fingerprint density at radius 1 is 1.25 bits per heavy atom. The second kappa shape index (κ2) is 6.56. The maximum atomic E-state index is 13.5. The predicted molar refractivity (Wildman–Crippen MR) is 70.2 cm³/mol. The number of hydrogen-bond acceptors (Lipinski definition) is 4. The first kappa shape index (κ1) is 14.6. The van der Waals surface area contributed by atoms with Crippen LogP contribution in [0.4, 0.5) is 8.78 Å². The Hall–Kier alpha value is -1.82. The smallest absolute Gasteiger partial charge is 0.233 e. The van der Waals surface area contributed by atoms with E-state index >= 15 is 0 Å². The molecule has 4 nitrogen and oxygen atoms in total. The van der Waals surface area contributed by atoms with Gasteiger partial charge in [-0.3, -0.25) is 0 Å². The molecule has 0 saturated heterocycles. The summed E-state index contributed by atoms with van der Waals surface area (Å²) >= 11 is 0. The highest BCUT2D eigenvalue weighted by Gasteiger charge is 2.16. The highest BCUT2D eigenvalue weighted by molar-refractivity contribution is 5.22. The zero-order valence-corrected chi connectivity index (χ0v) is 11.5. The average molecular weight is 281 g/mol. The molecule has 0 amide bonds. The van der Waals surface area contributed by atoms with Crippen LogP contribution >= 0.6 is 0 Å². The van der Waals surface area contributed by atoms with E-state index in [0.29, 0.717) is 5.89 Å². The van der Waals surface area contributed by atoms with Crippen LogP contribution in [0.2, 0.25) is 0 Å². The summed E-state index contributed by atoms with van der Waals surface area (Å²) in [6, 6.07) is 3.66. The van der Waals surface area contributed by atoms with Gasteiger partial charge in [-0.05, 0) is 32.0 Å². The van der Waals surface area contributed by atoms with E-state index < -0.39 is 11.6 Å². The van der Waals surface area contributed by atoms with Gasteiger partial charge in [-0.1, -0.05) is 13.0 Å². The molecule has 1 N–H and O–H groups in total. The van der Waals surface area contributed by atoms with E-state index in [2.05, 4.69) is 22.4 Å². The van der Waals surface area contributed by atoms with Crippen molar-refractivity contribution in [3.8, 4) is 0 Å². The summed E-state index contributed by atoms with van der Waals surface area (Å²) in [5.41, 5.74) is -0.0585. The number of rotatable bonds is 6. The lowest BCUT2D eigenvalue weighted by atomic mass is 10.1. The molecule has 1 aromatic carbocycles. The van der Waals surface area contributed by atoms with E-state index in [1.54, 1.807) is 0 Å². The molecule has 1 atom stereocenters. The molecule has 0 fully saturated rings. The van der Waals surface area contributed by atoms with Crippen LogP contribution in [0.1, 0.15) is 43.7 Å². The van der Waals surface area contributed by atoms with E-state index in [1.807, 2.05) is 6.92 Å². The molecule has 0 spiro atoms. The molecule has 0 saturated carbocycles. The minimum Gasteiger partial charge on any atom is -0.423 e. The third-order valence-corrected chi connectivity index (χ3v) is 2.94. The molecule has 0 aliphatic carbocycles. The fourth-order valence-corrected chi connectivity index (χ4v) is 1.81. The standard InChI is InChI=1S/C14H17F2N3O/c1-3-7-17-9(2)14-19-18-13(20-14)8-10-11(15)5-4-6-12(10)16/h4-6,9,17H,3,7-8H2,1-2H3. The van der Waals surface area contributed by atoms with E-state index in [0.717, 1.165) is 13.0 Å². The monoisotopic (exact) mass is 281 g/mol. The molecule has 1 heterocycles. The highest BCUT2D eigenvalue weighted by atomic mass is 19.1. The lowest BCUT2D eigenvalue weighted by molar-refractivity contribution is 0.395. The maximum absolute atomic E-state index is 13.5. The third-order valence-electron chi connectivity index (χ3n) is 2.94. The first-order chi connectivity index (χ1) is 9.61. The Kier molecular flexibility index (Phi) is 4.79. The van der Waals surface area contributed by atoms with Crippen molar-refractivity contribution in [2.24, 2.45) is 0 Å². The molecule has 108 valence electrons. The molecular weight excluding hydrogens is 264 g/mol. The van der Waals surface area contributed by atoms with Gasteiger partial charge in [0.05, 0.1) is 12.5 Å². The summed E-state index contributed by atoms with van der Waals surface area (Å²) in [5.74, 6) is -0.594. The van der Waals surface area contributed by atoms with Gasteiger partial charge in [0.2, 0.25) is 11.8 Å². The van der Waals surface area contributed by atoms with Crippen LogP contribution in [0.5, 0.6) is 0 Å². The summed E-state index contributed by atoms with van der Waals surface area (Å²) in [6.45, 7) is 4.79. The molecule has 1 aromatic heterocycles. The van der Waals surface area contributed by atoms with Crippen molar-refractivity contribution in [1.29, 1.82) is 0 Å². The van der Waals surface area contributed by atoms with Crippen molar-refractivity contribution in [2.75, 3.05) is 6.54 Å². The summed E-state index contributed by atoms with van der Waals surface area (Å²) in [6.07, 6.45) is 0.942. The van der Waals surface area contributed by atoms with Crippen LogP contribution in [-0.4, -0.2) is 16.7 Å². The molecular formula is C14H17F2N3O. The van der Waals surface area contributed by atoms with E-state index in [1.165, 1.54) is 18.2 Å². The molecule has 2 rings (SSSR count). The van der Waals surface area contributed by atoms with Gasteiger partial charge in [-0.25, -0.2) is 8.78 Å². The predicted octanol–water partition coefficient (Wildman–Crippen LogP) is 3.00. The molecule has 1 unspecified atom stereocenters. The van der Waals surface area contributed by atoms with Crippen LogP contribution in [-0.2, 0) is 6.42 Å². The normalized spacial score (nSPS) is 12.6. The summed E-state index contributed by atoms with van der Waals surface area (Å²) in [4.78, 5) is 0. The SMILES string of the molecule is CCCNC(C)c1nnc(Cc2c(F)cccc2F)o1. The highest BCUT2D eigenvalue weighted by Crippen LogP contribution is 2.18. The lowest BCUT2D eigenvalue weighted by Gasteiger charge is -2.07. The largest absolute Gasteiger partial charge is 0.423 e. The topological polar surface area (TPSA) is 51.0 Å². The maximum Gasteiger partial charge on any atom is 0.233 e. The Balaban J connectivity index is 2.10. The van der Waals surface area contributed by atoms with Crippen molar-refractivity contribution < 1.29 is 13.2 Å². The number of aromatic nitrogens is 2. The van der Waals surface area contributed by atoms with Gasteiger partial charge in [0.15, 0.2) is 0 Å². The molecule has 0 aliphatic rings. The van der Waals surface area contributed by atoms with Gasteiger partial charge in [-0.2, -0.15) is 0 Å². The lowest BCUT2D eigenvalue weighted by Crippen LogP contribution is -2.19. The summed E-state index contributed by atoms with van der Waals surface area (Å²) < 4.78 is 32.5. The minimum absolute atomic E-state index is 0.0496. The minimum atomic E-state index is -0.609. The van der Waals surface area contributed by atoms with Crippen LogP contribution in [0.3, 0.4) is 0 Å². The average Bonchev–Trinajstić information content (AvgIpc) is 2.89. The second-order valence-corrected chi connectivity index (χ2v) is 4.59. The van der Waals surface area contributed by atoms with Crippen molar-refractivity contribution in [3.63, 3.8) is 0 Å². The van der Waals surface area contributed by atoms with Gasteiger partial charge < -0.3 is 9.73 Å². The van der Waals surface area contributed by atoms with Crippen molar-refractivity contribution in [1.82, 2.24) is 15.5 Å². The molecule has 0 aliphatic heterocycles. The molecule has 2 aromatic rings. The first-order valence-corrected chi connectivity index (χ1v) is 6.60.